The Kier molecular flexibility index (Phi) is 9.53. The second-order valence-corrected chi connectivity index (χ2v) is 9.74. The fourth-order valence-corrected chi connectivity index (χ4v) is 4.50. The maximum Gasteiger partial charge on any atom is 0.166 e. The van der Waals surface area contributed by atoms with E-state index in [9.17, 15) is 5.11 Å². The predicted molar refractivity (Wildman–Crippen MR) is 144 cm³/mol. The molecule has 1 N–H and O–H groups in total. The zero-order valence-electron chi connectivity index (χ0n) is 21.7. The SMILES string of the molecule is C=C1N(CCCCCC)C[C@H](CCOc2ccc(C[C@](C)(Oc3ccccc3)C(=C)O)cc2)N1C. The Hall–Kier alpha value is -3.08. The number of aliphatic hydroxyl groups is 1. The molecule has 0 unspecified atom stereocenters. The van der Waals surface area contributed by atoms with Gasteiger partial charge < -0.3 is 24.4 Å². The van der Waals surface area contributed by atoms with Crippen LogP contribution in [0.2, 0.25) is 0 Å². The number of para-hydroxylation sites is 1. The van der Waals surface area contributed by atoms with Crippen LogP contribution in [0.15, 0.2) is 79.3 Å². The van der Waals surface area contributed by atoms with E-state index in [1.807, 2.05) is 61.5 Å². The molecule has 0 spiro atoms. The maximum atomic E-state index is 10.2. The minimum Gasteiger partial charge on any atom is -0.509 e. The molecule has 5 nitrogen and oxygen atoms in total. The molecule has 0 aromatic heterocycles. The summed E-state index contributed by atoms with van der Waals surface area (Å²) in [6.45, 7) is 14.9. The average molecular weight is 479 g/mol. The van der Waals surface area contributed by atoms with E-state index in [0.717, 1.165) is 36.6 Å². The summed E-state index contributed by atoms with van der Waals surface area (Å²) in [5.41, 5.74) is 0.123. The number of rotatable bonds is 14. The van der Waals surface area contributed by atoms with Gasteiger partial charge in [-0.1, -0.05) is 69.7 Å². The molecule has 5 heteroatoms. The number of hydrogen-bond acceptors (Lipinski definition) is 5. The molecule has 0 aliphatic carbocycles. The first-order valence-electron chi connectivity index (χ1n) is 12.8. The smallest absolute Gasteiger partial charge is 0.166 e. The van der Waals surface area contributed by atoms with Gasteiger partial charge in [0.15, 0.2) is 5.60 Å². The largest absolute Gasteiger partial charge is 0.509 e. The molecule has 2 aromatic rings. The molecule has 1 aliphatic rings. The molecule has 190 valence electrons. The Morgan fingerprint density at radius 1 is 1.06 bits per heavy atom. The van der Waals surface area contributed by atoms with Crippen LogP contribution in [0.1, 0.15) is 51.5 Å². The second-order valence-electron chi connectivity index (χ2n) is 9.74. The summed E-state index contributed by atoms with van der Waals surface area (Å²) in [6.07, 6.45) is 6.54. The summed E-state index contributed by atoms with van der Waals surface area (Å²) in [4.78, 5) is 4.71. The van der Waals surface area contributed by atoms with Gasteiger partial charge in [0.05, 0.1) is 18.5 Å². The molecule has 1 saturated heterocycles. The van der Waals surface area contributed by atoms with Gasteiger partial charge in [0.2, 0.25) is 0 Å². The number of unbranched alkanes of at least 4 members (excludes halogenated alkanes) is 3. The van der Waals surface area contributed by atoms with Gasteiger partial charge in [0.25, 0.3) is 0 Å². The first kappa shape index (κ1) is 26.5. The fraction of sp³-hybridized carbons (Fsp3) is 0.467. The van der Waals surface area contributed by atoms with Crippen molar-refractivity contribution in [1.82, 2.24) is 9.80 Å². The summed E-state index contributed by atoms with van der Waals surface area (Å²) >= 11 is 0. The molecular formula is C30H42N2O3. The molecule has 1 aliphatic heterocycles. The minimum atomic E-state index is -0.915. The third-order valence-corrected chi connectivity index (χ3v) is 6.91. The molecule has 0 radical (unpaired) electrons. The molecule has 2 aromatic carbocycles. The van der Waals surface area contributed by atoms with E-state index in [0.29, 0.717) is 24.8 Å². The number of nitrogens with zero attached hydrogens (tertiary/aromatic N) is 2. The van der Waals surface area contributed by atoms with Crippen molar-refractivity contribution in [1.29, 1.82) is 0 Å². The van der Waals surface area contributed by atoms with Crippen LogP contribution in [0, 0.1) is 0 Å². The van der Waals surface area contributed by atoms with Gasteiger partial charge in [0.1, 0.15) is 17.3 Å². The van der Waals surface area contributed by atoms with E-state index in [1.54, 1.807) is 0 Å². The number of benzene rings is 2. The van der Waals surface area contributed by atoms with Gasteiger partial charge in [-0.3, -0.25) is 0 Å². The summed E-state index contributed by atoms with van der Waals surface area (Å²) in [5.74, 6) is 2.67. The van der Waals surface area contributed by atoms with Crippen molar-refractivity contribution in [3.63, 3.8) is 0 Å². The highest BCUT2D eigenvalue weighted by atomic mass is 16.5. The van der Waals surface area contributed by atoms with Gasteiger partial charge in [-0.2, -0.15) is 0 Å². The van der Waals surface area contributed by atoms with Crippen molar-refractivity contribution in [2.45, 2.75) is 64.0 Å². The van der Waals surface area contributed by atoms with E-state index < -0.39 is 5.60 Å². The van der Waals surface area contributed by atoms with Crippen LogP contribution in [0.5, 0.6) is 11.5 Å². The molecule has 2 atom stereocenters. The Balaban J connectivity index is 1.48. The number of hydrogen-bond donors (Lipinski definition) is 1. The second kappa shape index (κ2) is 12.6. The Labute approximate surface area is 211 Å². The number of likely N-dealkylation sites (N-methyl/N-ethyl adjacent to an activating group) is 1. The lowest BCUT2D eigenvalue weighted by molar-refractivity contribution is 0.0796. The normalized spacial score (nSPS) is 17.3. The van der Waals surface area contributed by atoms with Gasteiger partial charge >= 0.3 is 0 Å². The lowest BCUT2D eigenvalue weighted by atomic mass is 9.94. The molecule has 1 heterocycles. The zero-order valence-corrected chi connectivity index (χ0v) is 21.7. The van der Waals surface area contributed by atoms with Crippen LogP contribution in [-0.2, 0) is 6.42 Å². The molecule has 35 heavy (non-hydrogen) atoms. The van der Waals surface area contributed by atoms with E-state index in [-0.39, 0.29) is 5.76 Å². The number of ether oxygens (including phenoxy) is 2. The molecule has 3 rings (SSSR count). The van der Waals surface area contributed by atoms with Gasteiger partial charge in [0, 0.05) is 33.0 Å². The van der Waals surface area contributed by atoms with Gasteiger partial charge in [-0.15, -0.1) is 0 Å². The van der Waals surface area contributed by atoms with E-state index in [2.05, 4.69) is 36.9 Å². The zero-order chi connectivity index (χ0) is 25.3. The summed E-state index contributed by atoms with van der Waals surface area (Å²) in [7, 11) is 2.14. The highest BCUT2D eigenvalue weighted by Gasteiger charge is 2.31. The molecular weight excluding hydrogens is 436 g/mol. The lowest BCUT2D eigenvalue weighted by Gasteiger charge is -2.30. The van der Waals surface area contributed by atoms with Crippen molar-refractivity contribution >= 4 is 0 Å². The Bertz CT molecular complexity index is 944. The number of aliphatic hydroxyl groups excluding tert-OH is 1. The predicted octanol–water partition coefficient (Wildman–Crippen LogP) is 6.57. The molecule has 1 fully saturated rings. The average Bonchev–Trinajstić information content (AvgIpc) is 3.11. The van der Waals surface area contributed by atoms with E-state index >= 15 is 0 Å². The van der Waals surface area contributed by atoms with Crippen LogP contribution < -0.4 is 9.47 Å². The minimum absolute atomic E-state index is 0.00311. The third-order valence-electron chi connectivity index (χ3n) is 6.91. The third kappa shape index (κ3) is 7.45. The quantitative estimate of drug-likeness (QED) is 0.246. The molecule has 0 bridgehead atoms. The summed E-state index contributed by atoms with van der Waals surface area (Å²) < 4.78 is 12.1. The summed E-state index contributed by atoms with van der Waals surface area (Å²) in [5, 5.41) is 10.2. The highest BCUT2D eigenvalue weighted by Crippen LogP contribution is 2.28. The van der Waals surface area contributed by atoms with Crippen molar-refractivity contribution in [2.24, 2.45) is 0 Å². The van der Waals surface area contributed by atoms with Crippen LogP contribution in [0.3, 0.4) is 0 Å². The van der Waals surface area contributed by atoms with Crippen molar-refractivity contribution in [2.75, 3.05) is 26.7 Å². The molecule has 0 amide bonds. The maximum absolute atomic E-state index is 10.2. The lowest BCUT2D eigenvalue weighted by Crippen LogP contribution is -2.37. The molecule has 0 saturated carbocycles. The van der Waals surface area contributed by atoms with Crippen LogP contribution >= 0.6 is 0 Å². The van der Waals surface area contributed by atoms with Crippen LogP contribution in [-0.4, -0.2) is 53.3 Å². The topological polar surface area (TPSA) is 45.2 Å². The first-order chi connectivity index (χ1) is 16.8. The standard InChI is InChI=1S/C30H42N2O3/c1-6-7-8-12-20-32-23-27(31(5)25(32)3)19-21-34-28-17-15-26(16-18-28)22-30(4,24(2)33)35-29-13-10-9-11-14-29/h9-11,13-18,27,33H,2-3,6-8,12,19-23H2,1,4-5H3/t27-,30-/m0/s1. The van der Waals surface area contributed by atoms with Crippen LogP contribution in [0.25, 0.3) is 0 Å². The van der Waals surface area contributed by atoms with Crippen molar-refractivity contribution in [3.05, 3.63) is 84.9 Å². The van der Waals surface area contributed by atoms with Gasteiger partial charge in [-0.05, 0) is 43.2 Å². The Morgan fingerprint density at radius 2 is 1.77 bits per heavy atom. The van der Waals surface area contributed by atoms with Crippen LogP contribution in [0.4, 0.5) is 0 Å². The fourth-order valence-electron chi connectivity index (χ4n) is 4.50. The van der Waals surface area contributed by atoms with E-state index in [4.69, 9.17) is 9.47 Å². The highest BCUT2D eigenvalue weighted by molar-refractivity contribution is 5.31. The Morgan fingerprint density at radius 3 is 2.43 bits per heavy atom. The summed E-state index contributed by atoms with van der Waals surface area (Å²) in [6, 6.07) is 17.9. The first-order valence-corrected chi connectivity index (χ1v) is 12.8. The van der Waals surface area contributed by atoms with Crippen molar-refractivity contribution < 1.29 is 14.6 Å². The monoisotopic (exact) mass is 478 g/mol. The van der Waals surface area contributed by atoms with E-state index in [1.165, 1.54) is 25.7 Å². The van der Waals surface area contributed by atoms with Gasteiger partial charge in [-0.25, -0.2) is 0 Å². The van der Waals surface area contributed by atoms with Crippen molar-refractivity contribution in [3.8, 4) is 11.5 Å².